The Morgan fingerprint density at radius 1 is 0.589 bits per heavy atom. The van der Waals surface area contributed by atoms with E-state index < -0.39 is 25.3 Å². The lowest BCUT2D eigenvalue weighted by Crippen LogP contribution is -2.40. The van der Waals surface area contributed by atoms with E-state index >= 15 is 0 Å². The highest BCUT2D eigenvalue weighted by atomic mass is 32.2. The number of sulfone groups is 2. The molecule has 2 fully saturated rings. The number of amides is 3. The summed E-state index contributed by atoms with van der Waals surface area (Å²) in [7, 11) is -6.48. The molecule has 388 valence electrons. The Kier molecular flexibility index (Phi) is 14.7. The van der Waals surface area contributed by atoms with Crippen molar-refractivity contribution in [1.29, 1.82) is 0 Å². The molecule has 0 atom stereocenters. The number of fused-ring (bicyclic) bond motifs is 6. The van der Waals surface area contributed by atoms with Crippen LogP contribution in [0.3, 0.4) is 0 Å². The molecule has 4 aliphatic rings. The van der Waals surface area contributed by atoms with Crippen molar-refractivity contribution in [2.75, 3.05) is 51.8 Å². The number of piperidine rings is 2. The van der Waals surface area contributed by atoms with E-state index in [0.717, 1.165) is 121 Å². The summed E-state index contributed by atoms with van der Waals surface area (Å²) in [6.07, 6.45) is 7.85. The number of carbonyl (C=O) groups is 3. The van der Waals surface area contributed by atoms with Crippen molar-refractivity contribution < 1.29 is 36.0 Å². The first kappa shape index (κ1) is 51.9. The standard InChI is InChI=1S/C31H39N3O5S.C26H31N3O3S/c1-21-12-15-32(16-13-21)29(35)23-8-11-27-25(18-23)26-20-33(30(36)39-31(2,3)4)17-14-28(26)34(27)19-22-6-9-24(10-7-22)40(5,37)38;1-18-10-13-28(14-11-18)26(30)20-5-8-24-22(15-20)23-16-27-12-9-25(23)29(24)17-19-3-6-21(7-4-19)33(2,31)32/h6-11,18,21H,12-17,19-20H2,1-5H3;3-8,15,18,27H,9-14,16-17H2,1-2H3. The van der Waals surface area contributed by atoms with Crippen LogP contribution < -0.4 is 5.32 Å². The normalized spacial score (nSPS) is 17.0. The van der Waals surface area contributed by atoms with Gasteiger partial charge in [-0.25, -0.2) is 21.6 Å². The highest BCUT2D eigenvalue weighted by Crippen LogP contribution is 2.35. The number of hydrogen-bond donors (Lipinski definition) is 1. The van der Waals surface area contributed by atoms with Gasteiger partial charge in [-0.1, -0.05) is 38.1 Å². The Labute approximate surface area is 430 Å². The molecule has 3 amide bonds. The zero-order valence-corrected chi connectivity index (χ0v) is 45.0. The van der Waals surface area contributed by atoms with Gasteiger partial charge in [0.1, 0.15) is 5.60 Å². The van der Waals surface area contributed by atoms with Crippen LogP contribution in [0.2, 0.25) is 0 Å². The van der Waals surface area contributed by atoms with E-state index in [2.05, 4.69) is 40.4 Å². The predicted molar refractivity (Wildman–Crippen MR) is 286 cm³/mol. The fraction of sp³-hybridized carbons (Fsp3) is 0.456. The molecule has 14 nitrogen and oxygen atoms in total. The van der Waals surface area contributed by atoms with E-state index in [1.807, 2.05) is 79.1 Å². The van der Waals surface area contributed by atoms with Gasteiger partial charge in [-0.05, 0) is 136 Å². The number of nitrogens with zero attached hydrogens (tertiary/aromatic N) is 5. The quantitative estimate of drug-likeness (QED) is 0.157. The van der Waals surface area contributed by atoms with Gasteiger partial charge < -0.3 is 33.9 Å². The number of rotatable bonds is 8. The number of ether oxygens (including phenoxy) is 1. The fourth-order valence-corrected chi connectivity index (χ4v) is 12.0. The minimum absolute atomic E-state index is 0.0477. The minimum Gasteiger partial charge on any atom is -0.444 e. The Morgan fingerprint density at radius 2 is 1.03 bits per heavy atom. The number of carbonyl (C=O) groups excluding carboxylic acids is 3. The van der Waals surface area contributed by atoms with Gasteiger partial charge in [0.25, 0.3) is 11.8 Å². The fourth-order valence-electron chi connectivity index (χ4n) is 10.8. The molecule has 6 aromatic rings. The molecule has 0 aliphatic carbocycles. The van der Waals surface area contributed by atoms with Crippen LogP contribution in [0.25, 0.3) is 21.8 Å². The number of benzene rings is 4. The lowest BCUT2D eigenvalue weighted by atomic mass is 9.98. The molecule has 73 heavy (non-hydrogen) atoms. The second-order valence-corrected chi connectivity index (χ2v) is 25.9. The summed E-state index contributed by atoms with van der Waals surface area (Å²) in [5.74, 6) is 1.50. The molecule has 16 heteroatoms. The molecule has 2 saturated heterocycles. The maximum atomic E-state index is 13.4. The van der Waals surface area contributed by atoms with Crippen molar-refractivity contribution >= 4 is 59.4 Å². The Hall–Kier alpha value is -5.97. The third kappa shape index (κ3) is 11.6. The van der Waals surface area contributed by atoms with Crippen LogP contribution >= 0.6 is 0 Å². The number of hydrogen-bond acceptors (Lipinski definition) is 9. The summed E-state index contributed by atoms with van der Waals surface area (Å²) < 4.78 is 57.7. The van der Waals surface area contributed by atoms with E-state index in [0.29, 0.717) is 59.8 Å². The first-order valence-corrected chi connectivity index (χ1v) is 29.5. The van der Waals surface area contributed by atoms with Crippen molar-refractivity contribution in [3.63, 3.8) is 0 Å². The van der Waals surface area contributed by atoms with Crippen LogP contribution in [-0.2, 0) is 63.4 Å². The molecule has 1 N–H and O–H groups in total. The minimum atomic E-state index is -3.28. The highest BCUT2D eigenvalue weighted by molar-refractivity contribution is 7.91. The average Bonchev–Trinajstić information content (AvgIpc) is 3.83. The van der Waals surface area contributed by atoms with Crippen molar-refractivity contribution in [3.05, 3.63) is 130 Å². The molecule has 2 aromatic heterocycles. The number of likely N-dealkylation sites (tertiary alicyclic amines) is 2. The van der Waals surface area contributed by atoms with Gasteiger partial charge >= 0.3 is 6.09 Å². The lowest BCUT2D eigenvalue weighted by Gasteiger charge is -2.31. The lowest BCUT2D eigenvalue weighted by molar-refractivity contribution is 0.0223. The molecule has 4 aliphatic heterocycles. The zero-order chi connectivity index (χ0) is 52.0. The van der Waals surface area contributed by atoms with E-state index in [9.17, 15) is 31.2 Å². The van der Waals surface area contributed by atoms with Crippen LogP contribution in [0.5, 0.6) is 0 Å². The van der Waals surface area contributed by atoms with Crippen molar-refractivity contribution in [2.24, 2.45) is 11.8 Å². The predicted octanol–water partition coefficient (Wildman–Crippen LogP) is 8.87. The molecule has 6 heterocycles. The molecule has 4 aromatic carbocycles. The summed E-state index contributed by atoms with van der Waals surface area (Å²) >= 11 is 0. The Bertz CT molecular complexity index is 3280. The maximum Gasteiger partial charge on any atom is 0.410 e. The second kappa shape index (κ2) is 20.7. The topological polar surface area (TPSA) is 160 Å². The van der Waals surface area contributed by atoms with Crippen LogP contribution in [0.4, 0.5) is 4.79 Å². The summed E-state index contributed by atoms with van der Waals surface area (Å²) in [6, 6.07) is 26.1. The largest absolute Gasteiger partial charge is 0.444 e. The van der Waals surface area contributed by atoms with Gasteiger partial charge in [-0.15, -0.1) is 0 Å². The Balaban J connectivity index is 0.000000183. The van der Waals surface area contributed by atoms with Crippen LogP contribution in [-0.4, -0.2) is 116 Å². The van der Waals surface area contributed by atoms with E-state index in [4.69, 9.17) is 4.74 Å². The van der Waals surface area contributed by atoms with E-state index in [1.165, 1.54) is 23.8 Å². The van der Waals surface area contributed by atoms with Crippen molar-refractivity contribution in [3.8, 4) is 0 Å². The van der Waals surface area contributed by atoms with Crippen molar-refractivity contribution in [1.82, 2.24) is 29.2 Å². The summed E-state index contributed by atoms with van der Waals surface area (Å²) in [5, 5.41) is 5.58. The summed E-state index contributed by atoms with van der Waals surface area (Å²) in [5.41, 5.74) is 9.71. The van der Waals surface area contributed by atoms with Gasteiger partial charge in [-0.2, -0.15) is 0 Å². The summed E-state index contributed by atoms with van der Waals surface area (Å²) in [6.45, 7) is 17.2. The molecular weight excluding hydrogens is 961 g/mol. The van der Waals surface area contributed by atoms with E-state index in [1.54, 1.807) is 29.2 Å². The molecule has 0 bridgehead atoms. The summed E-state index contributed by atoms with van der Waals surface area (Å²) in [4.78, 5) is 45.9. The first-order valence-electron chi connectivity index (χ1n) is 25.7. The van der Waals surface area contributed by atoms with E-state index in [-0.39, 0.29) is 17.9 Å². The smallest absolute Gasteiger partial charge is 0.410 e. The third-order valence-electron chi connectivity index (χ3n) is 15.1. The van der Waals surface area contributed by atoms with Crippen molar-refractivity contribution in [2.45, 2.75) is 115 Å². The highest BCUT2D eigenvalue weighted by Gasteiger charge is 2.31. The third-order valence-corrected chi connectivity index (χ3v) is 17.3. The molecule has 0 spiro atoms. The van der Waals surface area contributed by atoms with Crippen LogP contribution in [0.15, 0.2) is 94.7 Å². The monoisotopic (exact) mass is 1030 g/mol. The second-order valence-electron chi connectivity index (χ2n) is 21.8. The number of nitrogens with one attached hydrogen (secondary N) is 1. The molecule has 0 unspecified atom stereocenters. The molecule has 0 saturated carbocycles. The molecular formula is C57H70N6O8S2. The van der Waals surface area contributed by atoms with Gasteiger partial charge in [-0.3, -0.25) is 9.59 Å². The van der Waals surface area contributed by atoms with Crippen LogP contribution in [0.1, 0.15) is 115 Å². The molecule has 10 rings (SSSR count). The Morgan fingerprint density at radius 3 is 1.47 bits per heavy atom. The maximum absolute atomic E-state index is 13.4. The molecule has 0 radical (unpaired) electrons. The zero-order valence-electron chi connectivity index (χ0n) is 43.4. The van der Waals surface area contributed by atoms with Gasteiger partial charge in [0.05, 0.1) is 16.3 Å². The first-order chi connectivity index (χ1) is 34.6. The SMILES string of the molecule is CC1CCN(C(=O)c2ccc3c(c2)c2c(n3Cc3ccc(S(C)(=O)=O)cc3)CCN(C(=O)OC(C)(C)C)C2)CC1.CC1CCN(C(=O)c2ccc3c(c2)c2c(n3Cc3ccc(S(C)(=O)=O)cc3)CCNC2)CC1. The van der Waals surface area contributed by atoms with Crippen LogP contribution in [0, 0.1) is 11.8 Å². The van der Waals surface area contributed by atoms with Gasteiger partial charge in [0, 0.05) is 134 Å². The van der Waals surface area contributed by atoms with Gasteiger partial charge in [0.2, 0.25) is 0 Å². The van der Waals surface area contributed by atoms with Gasteiger partial charge in [0.15, 0.2) is 19.7 Å². The number of aromatic nitrogens is 2. The average molecular weight is 1030 g/mol.